The summed E-state index contributed by atoms with van der Waals surface area (Å²) in [5, 5.41) is 10.1. The van der Waals surface area contributed by atoms with Crippen LogP contribution in [0.1, 0.15) is 31.1 Å². The quantitative estimate of drug-likeness (QED) is 0.887. The predicted octanol–water partition coefficient (Wildman–Crippen LogP) is 2.94. The van der Waals surface area contributed by atoms with Gasteiger partial charge in [0.05, 0.1) is 7.11 Å². The maximum absolute atomic E-state index is 12.0. The van der Waals surface area contributed by atoms with E-state index in [0.717, 1.165) is 0 Å². The van der Waals surface area contributed by atoms with Crippen molar-refractivity contribution >= 4 is 11.0 Å². The van der Waals surface area contributed by atoms with Gasteiger partial charge in [0.2, 0.25) is 0 Å². The molecule has 4 heteroatoms. The zero-order valence-corrected chi connectivity index (χ0v) is 10.9. The molecule has 0 amide bonds. The molecule has 0 saturated carbocycles. The van der Waals surface area contributed by atoms with Crippen molar-refractivity contribution in [1.29, 1.82) is 0 Å². The van der Waals surface area contributed by atoms with Crippen molar-refractivity contribution in [2.45, 2.75) is 26.7 Å². The lowest BCUT2D eigenvalue weighted by Crippen LogP contribution is -2.05. The summed E-state index contributed by atoms with van der Waals surface area (Å²) in [6.07, 6.45) is 0. The maximum Gasteiger partial charge on any atom is 0.196 e. The van der Waals surface area contributed by atoms with Crippen molar-refractivity contribution in [1.82, 2.24) is 0 Å². The molecule has 18 heavy (non-hydrogen) atoms. The molecule has 0 saturated heterocycles. The molecule has 2 rings (SSSR count). The molecule has 0 unspecified atom stereocenters. The molecule has 0 radical (unpaired) electrons. The Hall–Kier alpha value is -1.97. The molecule has 96 valence electrons. The fourth-order valence-corrected chi connectivity index (χ4v) is 1.93. The number of phenolic OH excluding ortho intramolecular Hbond substituents is 1. The second kappa shape index (κ2) is 4.37. The molecule has 2 aromatic rings. The van der Waals surface area contributed by atoms with E-state index in [4.69, 9.17) is 9.15 Å². The first kappa shape index (κ1) is 12.5. The van der Waals surface area contributed by atoms with Crippen LogP contribution in [0.25, 0.3) is 11.0 Å². The van der Waals surface area contributed by atoms with Gasteiger partial charge in [0.25, 0.3) is 0 Å². The lowest BCUT2D eigenvalue weighted by atomic mass is 10.1. The molecular weight excluding hydrogens is 232 g/mol. The highest BCUT2D eigenvalue weighted by atomic mass is 16.5. The smallest absolute Gasteiger partial charge is 0.196 e. The maximum atomic E-state index is 12.0. The van der Waals surface area contributed by atoms with Crippen LogP contribution in [0.2, 0.25) is 0 Å². The minimum atomic E-state index is -0.233. The largest absolute Gasteiger partial charge is 0.507 e. The number of benzene rings is 1. The lowest BCUT2D eigenvalue weighted by Gasteiger charge is -2.11. The van der Waals surface area contributed by atoms with Crippen LogP contribution in [0.15, 0.2) is 21.3 Å². The number of hydrogen-bond donors (Lipinski definition) is 1. The molecule has 1 aromatic heterocycles. The van der Waals surface area contributed by atoms with Gasteiger partial charge in [0.15, 0.2) is 5.43 Å². The van der Waals surface area contributed by atoms with Gasteiger partial charge < -0.3 is 14.3 Å². The number of rotatable bonds is 2. The van der Waals surface area contributed by atoms with E-state index in [2.05, 4.69) is 0 Å². The van der Waals surface area contributed by atoms with Crippen LogP contribution in [0.3, 0.4) is 0 Å². The first-order valence-corrected chi connectivity index (χ1v) is 5.80. The van der Waals surface area contributed by atoms with Gasteiger partial charge in [-0.25, -0.2) is 0 Å². The van der Waals surface area contributed by atoms with Crippen molar-refractivity contribution < 1.29 is 14.3 Å². The number of ether oxygens (including phenoxy) is 1. The predicted molar refractivity (Wildman–Crippen MR) is 69.5 cm³/mol. The van der Waals surface area contributed by atoms with Gasteiger partial charge >= 0.3 is 0 Å². The van der Waals surface area contributed by atoms with Gasteiger partial charge in [-0.2, -0.15) is 0 Å². The Balaban J connectivity index is 2.93. The third-order valence-corrected chi connectivity index (χ3v) is 2.99. The second-order valence-corrected chi connectivity index (χ2v) is 4.59. The van der Waals surface area contributed by atoms with E-state index in [0.29, 0.717) is 22.7 Å². The summed E-state index contributed by atoms with van der Waals surface area (Å²) in [6, 6.07) is 2.86. The van der Waals surface area contributed by atoms with Crippen molar-refractivity contribution in [2.24, 2.45) is 0 Å². The monoisotopic (exact) mass is 248 g/mol. The van der Waals surface area contributed by atoms with Gasteiger partial charge in [-0.3, -0.25) is 4.79 Å². The Labute approximate surface area is 105 Å². The van der Waals surface area contributed by atoms with Gasteiger partial charge in [-0.1, -0.05) is 13.8 Å². The minimum Gasteiger partial charge on any atom is -0.507 e. The molecule has 0 spiro atoms. The molecule has 4 nitrogen and oxygen atoms in total. The molecule has 0 aliphatic heterocycles. The van der Waals surface area contributed by atoms with Crippen LogP contribution >= 0.6 is 0 Å². The summed E-state index contributed by atoms with van der Waals surface area (Å²) < 4.78 is 10.9. The van der Waals surface area contributed by atoms with Gasteiger partial charge in [0, 0.05) is 23.6 Å². The molecule has 0 atom stereocenters. The molecule has 0 bridgehead atoms. The van der Waals surface area contributed by atoms with E-state index < -0.39 is 0 Å². The SMILES string of the molecule is COc1cc(O)c2c(=O)cc(C(C)C)oc2c1C. The number of phenols is 1. The van der Waals surface area contributed by atoms with E-state index in [9.17, 15) is 9.90 Å². The minimum absolute atomic E-state index is 0.106. The third-order valence-electron chi connectivity index (χ3n) is 2.99. The lowest BCUT2D eigenvalue weighted by molar-refractivity contribution is 0.403. The van der Waals surface area contributed by atoms with Crippen molar-refractivity contribution in [3.8, 4) is 11.5 Å². The summed E-state index contributed by atoms with van der Waals surface area (Å²) in [7, 11) is 1.51. The first-order valence-electron chi connectivity index (χ1n) is 5.80. The van der Waals surface area contributed by atoms with Crippen molar-refractivity contribution in [3.05, 3.63) is 33.7 Å². The first-order chi connectivity index (χ1) is 8.45. The summed E-state index contributed by atoms with van der Waals surface area (Å²) in [4.78, 5) is 12.0. The number of aromatic hydroxyl groups is 1. The second-order valence-electron chi connectivity index (χ2n) is 4.59. The Morgan fingerprint density at radius 2 is 2.00 bits per heavy atom. The van der Waals surface area contributed by atoms with Gasteiger partial charge in [-0.15, -0.1) is 0 Å². The zero-order valence-electron chi connectivity index (χ0n) is 10.9. The third kappa shape index (κ3) is 1.83. The topological polar surface area (TPSA) is 59.7 Å². The summed E-state index contributed by atoms with van der Waals surface area (Å²) in [5.74, 6) is 1.10. The molecule has 1 aromatic carbocycles. The molecular formula is C14H16O4. The van der Waals surface area contributed by atoms with Gasteiger partial charge in [0.1, 0.15) is 28.2 Å². The Bertz CT molecular complexity index is 653. The highest BCUT2D eigenvalue weighted by Gasteiger charge is 2.16. The molecule has 0 aliphatic carbocycles. The van der Waals surface area contributed by atoms with Gasteiger partial charge in [-0.05, 0) is 6.92 Å². The molecule has 1 heterocycles. The van der Waals surface area contributed by atoms with Crippen LogP contribution in [0, 0.1) is 6.92 Å². The summed E-state index contributed by atoms with van der Waals surface area (Å²) in [6.45, 7) is 5.69. The van der Waals surface area contributed by atoms with Crippen LogP contribution in [0.5, 0.6) is 11.5 Å². The number of methoxy groups -OCH3 is 1. The average molecular weight is 248 g/mol. The average Bonchev–Trinajstić information content (AvgIpc) is 2.32. The standard InChI is InChI=1S/C14H16O4/c1-7(2)11-5-9(15)13-10(16)6-12(17-4)8(3)14(13)18-11/h5-7,16H,1-4H3. The fourth-order valence-electron chi connectivity index (χ4n) is 1.93. The van der Waals surface area contributed by atoms with E-state index in [1.165, 1.54) is 19.2 Å². The zero-order chi connectivity index (χ0) is 13.4. The number of hydrogen-bond acceptors (Lipinski definition) is 4. The Kier molecular flexibility index (Phi) is 3.03. The number of fused-ring (bicyclic) bond motifs is 1. The van der Waals surface area contributed by atoms with Crippen LogP contribution < -0.4 is 10.2 Å². The molecule has 0 aliphatic rings. The highest BCUT2D eigenvalue weighted by molar-refractivity contribution is 5.87. The summed E-state index contributed by atoms with van der Waals surface area (Å²) in [5.41, 5.74) is 0.871. The van der Waals surface area contributed by atoms with Crippen molar-refractivity contribution in [3.63, 3.8) is 0 Å². The van der Waals surface area contributed by atoms with Crippen LogP contribution in [-0.4, -0.2) is 12.2 Å². The van der Waals surface area contributed by atoms with Crippen molar-refractivity contribution in [2.75, 3.05) is 7.11 Å². The normalized spacial score (nSPS) is 11.2. The molecule has 0 fully saturated rings. The highest BCUT2D eigenvalue weighted by Crippen LogP contribution is 2.33. The Morgan fingerprint density at radius 1 is 1.33 bits per heavy atom. The van der Waals surface area contributed by atoms with E-state index >= 15 is 0 Å². The van der Waals surface area contributed by atoms with E-state index in [1.807, 2.05) is 13.8 Å². The van der Waals surface area contributed by atoms with E-state index in [1.54, 1.807) is 6.92 Å². The van der Waals surface area contributed by atoms with Crippen LogP contribution in [-0.2, 0) is 0 Å². The van der Waals surface area contributed by atoms with E-state index in [-0.39, 0.29) is 22.5 Å². The number of aryl methyl sites for hydroxylation is 1. The summed E-state index contributed by atoms with van der Waals surface area (Å²) >= 11 is 0. The Morgan fingerprint density at radius 3 is 2.56 bits per heavy atom. The van der Waals surface area contributed by atoms with Crippen LogP contribution in [0.4, 0.5) is 0 Å². The fraction of sp³-hybridized carbons (Fsp3) is 0.357. The molecule has 1 N–H and O–H groups in total.